The van der Waals surface area contributed by atoms with Crippen LogP contribution in [0.5, 0.6) is 0 Å². The van der Waals surface area contributed by atoms with Crippen molar-refractivity contribution in [3.63, 3.8) is 0 Å². The van der Waals surface area contributed by atoms with E-state index in [1.807, 2.05) is 0 Å². The summed E-state index contributed by atoms with van der Waals surface area (Å²) in [7, 11) is 0. The number of pyridine rings is 1. The summed E-state index contributed by atoms with van der Waals surface area (Å²) in [5.74, 6) is -0.897. The highest BCUT2D eigenvalue weighted by Gasteiger charge is 2.37. The summed E-state index contributed by atoms with van der Waals surface area (Å²) in [5, 5.41) is 15.0. The van der Waals surface area contributed by atoms with Gasteiger partial charge in [-0.25, -0.2) is 18.6 Å². The van der Waals surface area contributed by atoms with Crippen molar-refractivity contribution in [2.75, 3.05) is 18.2 Å². The lowest BCUT2D eigenvalue weighted by molar-refractivity contribution is -0.115. The lowest BCUT2D eigenvalue weighted by Gasteiger charge is -2.28. The third-order valence-electron chi connectivity index (χ3n) is 5.61. The van der Waals surface area contributed by atoms with Crippen molar-refractivity contribution in [2.24, 2.45) is 0 Å². The average Bonchev–Trinajstić information content (AvgIpc) is 3.20. The van der Waals surface area contributed by atoms with Crippen LogP contribution in [0.25, 0.3) is 10.8 Å². The first kappa shape index (κ1) is 23.8. The molecule has 2 N–H and O–H groups in total. The number of carbonyl (C=O) groups excluding carboxylic acids is 2. The van der Waals surface area contributed by atoms with E-state index < -0.39 is 29.8 Å². The zero-order valence-corrected chi connectivity index (χ0v) is 18.6. The van der Waals surface area contributed by atoms with Gasteiger partial charge in [0.15, 0.2) is 5.82 Å². The maximum Gasteiger partial charge on any atom is 0.318 e. The van der Waals surface area contributed by atoms with Crippen LogP contribution in [0.2, 0.25) is 5.02 Å². The standard InChI is InChI=1S/C23H21ClF2N4O4/c24-22-15(2-1-3-18(22)26)11-28-23(33)29-7-6-20(32)19(29)12-34-30(13-31)21-9-16-8-17(25)5-4-14(16)10-27-21/h1-5,8-10,13,19-20,32H,6-7,11-12H2,(H,28,33)/t19-,20+/m1/s1. The molecule has 3 aromatic rings. The Morgan fingerprint density at radius 3 is 2.91 bits per heavy atom. The average molecular weight is 491 g/mol. The van der Waals surface area contributed by atoms with Crippen molar-refractivity contribution in [2.45, 2.75) is 25.1 Å². The second-order valence-corrected chi connectivity index (χ2v) is 8.13. The van der Waals surface area contributed by atoms with E-state index in [-0.39, 0.29) is 30.5 Å². The Morgan fingerprint density at radius 1 is 1.29 bits per heavy atom. The van der Waals surface area contributed by atoms with Gasteiger partial charge in [-0.2, -0.15) is 5.06 Å². The Morgan fingerprint density at radius 2 is 2.12 bits per heavy atom. The van der Waals surface area contributed by atoms with Crippen LogP contribution >= 0.6 is 11.6 Å². The summed E-state index contributed by atoms with van der Waals surface area (Å²) in [4.78, 5) is 35.4. The Labute approximate surface area is 198 Å². The van der Waals surface area contributed by atoms with Crippen LogP contribution in [-0.4, -0.2) is 52.7 Å². The molecule has 2 atom stereocenters. The number of amides is 3. The van der Waals surface area contributed by atoms with Gasteiger partial charge in [0.25, 0.3) is 0 Å². The van der Waals surface area contributed by atoms with Crippen molar-refractivity contribution in [1.29, 1.82) is 0 Å². The summed E-state index contributed by atoms with van der Waals surface area (Å²) < 4.78 is 27.2. The summed E-state index contributed by atoms with van der Waals surface area (Å²) >= 11 is 5.93. The molecule has 1 saturated heterocycles. The van der Waals surface area contributed by atoms with E-state index in [0.717, 1.165) is 5.06 Å². The summed E-state index contributed by atoms with van der Waals surface area (Å²) in [6, 6.07) is 8.73. The maximum absolute atomic E-state index is 13.6. The van der Waals surface area contributed by atoms with Crippen molar-refractivity contribution in [1.82, 2.24) is 15.2 Å². The number of rotatable bonds is 7. The van der Waals surface area contributed by atoms with Crippen LogP contribution in [0, 0.1) is 11.6 Å². The molecule has 0 saturated carbocycles. The number of aliphatic hydroxyl groups is 1. The van der Waals surface area contributed by atoms with Crippen molar-refractivity contribution in [3.8, 4) is 0 Å². The van der Waals surface area contributed by atoms with Crippen LogP contribution in [0.15, 0.2) is 48.7 Å². The molecule has 0 aliphatic carbocycles. The Kier molecular flexibility index (Phi) is 7.20. The largest absolute Gasteiger partial charge is 0.391 e. The van der Waals surface area contributed by atoms with Gasteiger partial charge in [0, 0.05) is 24.7 Å². The normalized spacial score (nSPS) is 17.7. The second-order valence-electron chi connectivity index (χ2n) is 7.75. The minimum atomic E-state index is -0.879. The number of likely N-dealkylation sites (tertiary alicyclic amines) is 1. The first-order chi connectivity index (χ1) is 16.4. The van der Waals surface area contributed by atoms with E-state index in [1.54, 1.807) is 12.1 Å². The molecule has 2 heterocycles. The van der Waals surface area contributed by atoms with Gasteiger partial charge < -0.3 is 15.3 Å². The zero-order chi connectivity index (χ0) is 24.2. The SMILES string of the molecule is O=CN(OC[C@@H]1[C@@H](O)CCN1C(=O)NCc1cccc(F)c1Cl)c1cc2cc(F)ccc2cn1. The molecule has 34 heavy (non-hydrogen) atoms. The third-order valence-corrected chi connectivity index (χ3v) is 6.03. The van der Waals surface area contributed by atoms with E-state index >= 15 is 0 Å². The molecule has 1 fully saturated rings. The van der Waals surface area contributed by atoms with E-state index in [0.29, 0.717) is 29.2 Å². The van der Waals surface area contributed by atoms with E-state index in [2.05, 4.69) is 10.3 Å². The number of urea groups is 1. The number of benzene rings is 2. The number of aromatic nitrogens is 1. The molecular formula is C23H21ClF2N4O4. The van der Waals surface area contributed by atoms with Gasteiger partial charge in [-0.05, 0) is 47.7 Å². The lowest BCUT2D eigenvalue weighted by atomic mass is 10.2. The number of hydrogen-bond acceptors (Lipinski definition) is 5. The monoisotopic (exact) mass is 490 g/mol. The highest BCUT2D eigenvalue weighted by molar-refractivity contribution is 6.31. The molecule has 4 rings (SSSR count). The summed E-state index contributed by atoms with van der Waals surface area (Å²) in [6.45, 7) is 0.0526. The third kappa shape index (κ3) is 5.09. The quantitative estimate of drug-likeness (QED) is 0.391. The topological polar surface area (TPSA) is 95.0 Å². The predicted octanol–water partition coefficient (Wildman–Crippen LogP) is 3.41. The number of aliphatic hydroxyl groups excluding tert-OH is 1. The number of hydroxylamine groups is 1. The first-order valence-corrected chi connectivity index (χ1v) is 10.8. The Balaban J connectivity index is 1.41. The molecule has 0 unspecified atom stereocenters. The van der Waals surface area contributed by atoms with E-state index in [1.165, 1.54) is 41.4 Å². The lowest BCUT2D eigenvalue weighted by Crippen LogP contribution is -2.48. The minimum absolute atomic E-state index is 0.00632. The van der Waals surface area contributed by atoms with Crippen molar-refractivity contribution < 1.29 is 28.3 Å². The van der Waals surface area contributed by atoms with Crippen LogP contribution in [0.4, 0.5) is 19.4 Å². The molecule has 0 spiro atoms. The Hall–Kier alpha value is -3.34. The first-order valence-electron chi connectivity index (χ1n) is 10.5. The number of nitrogens with one attached hydrogen (secondary N) is 1. The van der Waals surface area contributed by atoms with Crippen LogP contribution in [0.3, 0.4) is 0 Å². The molecule has 1 aromatic heterocycles. The molecular weight excluding hydrogens is 470 g/mol. The van der Waals surface area contributed by atoms with Gasteiger partial charge in [0.1, 0.15) is 11.6 Å². The molecule has 11 heteroatoms. The molecule has 0 radical (unpaired) electrons. The fourth-order valence-corrected chi connectivity index (χ4v) is 3.97. The van der Waals surface area contributed by atoms with E-state index in [4.69, 9.17) is 16.4 Å². The van der Waals surface area contributed by atoms with E-state index in [9.17, 15) is 23.5 Å². The molecule has 1 aliphatic rings. The van der Waals surface area contributed by atoms with Crippen LogP contribution < -0.4 is 10.4 Å². The van der Waals surface area contributed by atoms with Gasteiger partial charge in [-0.1, -0.05) is 23.7 Å². The number of halogens is 3. The molecule has 1 aliphatic heterocycles. The van der Waals surface area contributed by atoms with Gasteiger partial charge >= 0.3 is 6.03 Å². The summed E-state index contributed by atoms with van der Waals surface area (Å²) in [5.41, 5.74) is 0.411. The number of hydrogen-bond donors (Lipinski definition) is 2. The molecule has 0 bridgehead atoms. The zero-order valence-electron chi connectivity index (χ0n) is 17.8. The number of fused-ring (bicyclic) bond motifs is 1. The summed E-state index contributed by atoms with van der Waals surface area (Å²) in [6.07, 6.45) is 1.31. The van der Waals surface area contributed by atoms with Gasteiger partial charge in [-0.3, -0.25) is 9.63 Å². The Bertz CT molecular complexity index is 1210. The number of nitrogens with zero attached hydrogens (tertiary/aromatic N) is 3. The number of anilines is 1. The van der Waals surface area contributed by atoms with Gasteiger partial charge in [0.05, 0.1) is 23.8 Å². The predicted molar refractivity (Wildman–Crippen MR) is 121 cm³/mol. The van der Waals surface area contributed by atoms with Gasteiger partial charge in [0.2, 0.25) is 6.41 Å². The fourth-order valence-electron chi connectivity index (χ4n) is 3.78. The maximum atomic E-state index is 13.6. The van der Waals surface area contributed by atoms with Crippen molar-refractivity contribution in [3.05, 3.63) is 70.9 Å². The molecule has 3 amide bonds. The number of carbonyl (C=O) groups is 2. The fraction of sp³-hybridized carbons (Fsp3) is 0.261. The smallest absolute Gasteiger partial charge is 0.318 e. The highest BCUT2D eigenvalue weighted by atomic mass is 35.5. The molecule has 8 nitrogen and oxygen atoms in total. The minimum Gasteiger partial charge on any atom is -0.391 e. The molecule has 178 valence electrons. The van der Waals surface area contributed by atoms with Crippen molar-refractivity contribution >= 4 is 40.6 Å². The highest BCUT2D eigenvalue weighted by Crippen LogP contribution is 2.23. The van der Waals surface area contributed by atoms with Crippen LogP contribution in [-0.2, 0) is 16.2 Å². The van der Waals surface area contributed by atoms with Crippen LogP contribution in [0.1, 0.15) is 12.0 Å². The molecule has 2 aromatic carbocycles. The van der Waals surface area contributed by atoms with Gasteiger partial charge in [-0.15, -0.1) is 0 Å². The second kappa shape index (κ2) is 10.3.